The average molecular weight is 330 g/mol. The Morgan fingerprint density at radius 1 is 1.26 bits per heavy atom. The van der Waals surface area contributed by atoms with Gasteiger partial charge in [-0.05, 0) is 23.4 Å². The Balaban J connectivity index is 1.39. The fraction of sp³-hybridized carbons (Fsp3) is 0.389. The van der Waals surface area contributed by atoms with Crippen LogP contribution in [0.1, 0.15) is 27.8 Å². The third-order valence-corrected chi connectivity index (χ3v) is 4.87. The Bertz CT molecular complexity index is 601. The van der Waals surface area contributed by atoms with Crippen molar-refractivity contribution in [3.63, 3.8) is 0 Å². The second kappa shape index (κ2) is 8.24. The van der Waals surface area contributed by atoms with Gasteiger partial charge in [-0.3, -0.25) is 9.69 Å². The minimum Gasteiger partial charge on any atom is -0.371 e. The first-order valence-electron chi connectivity index (χ1n) is 8.03. The Morgan fingerprint density at radius 3 is 2.91 bits per heavy atom. The standard InChI is InChI=1S/C18H22N2O2S/c21-18(17-8-4-13-23-17)19-9-5-10-20-11-12-22-16(14-20)15-6-2-1-3-7-15/h1-4,6-8,13,16H,5,9-12,14H2,(H,19,21)/t16-/m1/s1. The molecule has 0 radical (unpaired) electrons. The Labute approximate surface area is 141 Å². The quantitative estimate of drug-likeness (QED) is 0.828. The minimum absolute atomic E-state index is 0.0316. The number of hydrogen-bond donors (Lipinski definition) is 1. The molecular formula is C18H22N2O2S. The van der Waals surface area contributed by atoms with Crippen molar-refractivity contribution in [1.29, 1.82) is 0 Å². The van der Waals surface area contributed by atoms with Gasteiger partial charge in [0.2, 0.25) is 0 Å². The van der Waals surface area contributed by atoms with E-state index in [1.54, 1.807) is 0 Å². The van der Waals surface area contributed by atoms with Crippen LogP contribution in [0.4, 0.5) is 0 Å². The van der Waals surface area contributed by atoms with Gasteiger partial charge in [0.25, 0.3) is 5.91 Å². The molecule has 0 bridgehead atoms. The fourth-order valence-corrected chi connectivity index (χ4v) is 3.41. The molecule has 1 saturated heterocycles. The molecule has 23 heavy (non-hydrogen) atoms. The lowest BCUT2D eigenvalue weighted by Crippen LogP contribution is -2.39. The van der Waals surface area contributed by atoms with E-state index in [2.05, 4.69) is 34.5 Å². The second-order valence-corrected chi connectivity index (χ2v) is 6.61. The van der Waals surface area contributed by atoms with Gasteiger partial charge in [-0.15, -0.1) is 11.3 Å². The van der Waals surface area contributed by atoms with E-state index in [0.29, 0.717) is 6.54 Å². The molecule has 1 aliphatic heterocycles. The van der Waals surface area contributed by atoms with Crippen molar-refractivity contribution in [3.05, 3.63) is 58.3 Å². The predicted octanol–water partition coefficient (Wildman–Crippen LogP) is 2.94. The van der Waals surface area contributed by atoms with Crippen molar-refractivity contribution in [2.24, 2.45) is 0 Å². The molecule has 0 unspecified atom stereocenters. The molecular weight excluding hydrogens is 308 g/mol. The molecule has 2 heterocycles. The number of nitrogens with one attached hydrogen (secondary N) is 1. The smallest absolute Gasteiger partial charge is 0.261 e. The second-order valence-electron chi connectivity index (χ2n) is 5.66. The molecule has 2 aromatic rings. The zero-order chi connectivity index (χ0) is 15.9. The number of thiophene rings is 1. The number of hydrogen-bond acceptors (Lipinski definition) is 4. The van der Waals surface area contributed by atoms with Crippen LogP contribution in [0.15, 0.2) is 47.8 Å². The van der Waals surface area contributed by atoms with E-state index in [9.17, 15) is 4.79 Å². The van der Waals surface area contributed by atoms with E-state index in [1.165, 1.54) is 16.9 Å². The monoisotopic (exact) mass is 330 g/mol. The number of rotatable bonds is 6. The fourth-order valence-electron chi connectivity index (χ4n) is 2.77. The molecule has 0 aliphatic carbocycles. The van der Waals surface area contributed by atoms with E-state index in [1.807, 2.05) is 23.6 Å². The zero-order valence-corrected chi connectivity index (χ0v) is 13.9. The number of morpholine rings is 1. The molecule has 5 heteroatoms. The predicted molar refractivity (Wildman–Crippen MR) is 92.8 cm³/mol. The summed E-state index contributed by atoms with van der Waals surface area (Å²) in [5.74, 6) is 0.0316. The summed E-state index contributed by atoms with van der Waals surface area (Å²) in [5, 5.41) is 4.90. The number of amides is 1. The molecule has 1 aromatic carbocycles. The summed E-state index contributed by atoms with van der Waals surface area (Å²) in [4.78, 5) is 15.1. The van der Waals surface area contributed by atoms with Crippen LogP contribution >= 0.6 is 11.3 Å². The summed E-state index contributed by atoms with van der Waals surface area (Å²) in [6, 6.07) is 14.1. The average Bonchev–Trinajstić information content (AvgIpc) is 3.14. The Kier molecular flexibility index (Phi) is 5.80. The number of carbonyl (C=O) groups is 1. The SMILES string of the molecule is O=C(NCCCN1CCO[C@@H](c2ccccc2)C1)c1cccs1. The van der Waals surface area contributed by atoms with E-state index >= 15 is 0 Å². The van der Waals surface area contributed by atoms with Gasteiger partial charge in [0.1, 0.15) is 0 Å². The molecule has 0 spiro atoms. The van der Waals surface area contributed by atoms with Crippen LogP contribution in [0.5, 0.6) is 0 Å². The maximum atomic E-state index is 11.9. The Hall–Kier alpha value is -1.69. The van der Waals surface area contributed by atoms with Gasteiger partial charge in [0, 0.05) is 26.2 Å². The van der Waals surface area contributed by atoms with Crippen LogP contribution in [0.2, 0.25) is 0 Å². The van der Waals surface area contributed by atoms with Crippen LogP contribution < -0.4 is 5.32 Å². The molecule has 1 amide bonds. The van der Waals surface area contributed by atoms with Crippen molar-refractivity contribution < 1.29 is 9.53 Å². The molecule has 1 fully saturated rings. The summed E-state index contributed by atoms with van der Waals surface area (Å²) in [5.41, 5.74) is 1.24. The van der Waals surface area contributed by atoms with Gasteiger partial charge >= 0.3 is 0 Å². The van der Waals surface area contributed by atoms with E-state index in [0.717, 1.165) is 37.5 Å². The van der Waals surface area contributed by atoms with Gasteiger partial charge < -0.3 is 10.1 Å². The minimum atomic E-state index is 0.0316. The molecule has 1 aromatic heterocycles. The number of benzene rings is 1. The number of carbonyl (C=O) groups excluding carboxylic acids is 1. The van der Waals surface area contributed by atoms with Crippen molar-refractivity contribution in [2.45, 2.75) is 12.5 Å². The lowest BCUT2D eigenvalue weighted by Gasteiger charge is -2.33. The molecule has 1 aliphatic rings. The topological polar surface area (TPSA) is 41.6 Å². The summed E-state index contributed by atoms with van der Waals surface area (Å²) in [6.07, 6.45) is 1.11. The van der Waals surface area contributed by atoms with Crippen LogP contribution in [0.3, 0.4) is 0 Å². The van der Waals surface area contributed by atoms with Crippen molar-refractivity contribution >= 4 is 17.2 Å². The summed E-state index contributed by atoms with van der Waals surface area (Å²) >= 11 is 1.48. The zero-order valence-electron chi connectivity index (χ0n) is 13.1. The summed E-state index contributed by atoms with van der Waals surface area (Å²) in [7, 11) is 0. The number of nitrogens with zero attached hydrogens (tertiary/aromatic N) is 1. The molecule has 1 atom stereocenters. The lowest BCUT2D eigenvalue weighted by molar-refractivity contribution is -0.0301. The van der Waals surface area contributed by atoms with Crippen LogP contribution in [0.25, 0.3) is 0 Å². The lowest BCUT2D eigenvalue weighted by atomic mass is 10.1. The van der Waals surface area contributed by atoms with Crippen LogP contribution in [0, 0.1) is 0 Å². The first-order chi connectivity index (χ1) is 11.3. The number of ether oxygens (including phenoxy) is 1. The first kappa shape index (κ1) is 16.2. The maximum Gasteiger partial charge on any atom is 0.261 e. The summed E-state index contributed by atoms with van der Waals surface area (Å²) < 4.78 is 5.88. The van der Waals surface area contributed by atoms with Gasteiger partial charge in [0.15, 0.2) is 0 Å². The summed E-state index contributed by atoms with van der Waals surface area (Å²) in [6.45, 7) is 4.34. The van der Waals surface area contributed by atoms with Crippen molar-refractivity contribution in [1.82, 2.24) is 10.2 Å². The van der Waals surface area contributed by atoms with Crippen molar-refractivity contribution in [3.8, 4) is 0 Å². The largest absolute Gasteiger partial charge is 0.371 e. The van der Waals surface area contributed by atoms with Crippen molar-refractivity contribution in [2.75, 3.05) is 32.8 Å². The normalized spacial score (nSPS) is 18.7. The third kappa shape index (κ3) is 4.64. The van der Waals surface area contributed by atoms with E-state index < -0.39 is 0 Å². The Morgan fingerprint density at radius 2 is 2.13 bits per heavy atom. The van der Waals surface area contributed by atoms with Gasteiger partial charge in [-0.2, -0.15) is 0 Å². The molecule has 122 valence electrons. The molecule has 0 saturated carbocycles. The van der Waals surface area contributed by atoms with Gasteiger partial charge in [-0.25, -0.2) is 0 Å². The highest BCUT2D eigenvalue weighted by molar-refractivity contribution is 7.12. The highest BCUT2D eigenvalue weighted by atomic mass is 32.1. The van der Waals surface area contributed by atoms with Crippen LogP contribution in [-0.4, -0.2) is 43.6 Å². The molecule has 3 rings (SSSR count). The molecule has 1 N–H and O–H groups in total. The van der Waals surface area contributed by atoms with Gasteiger partial charge in [-0.1, -0.05) is 36.4 Å². The van der Waals surface area contributed by atoms with Crippen LogP contribution in [-0.2, 0) is 4.74 Å². The first-order valence-corrected chi connectivity index (χ1v) is 8.91. The highest BCUT2D eigenvalue weighted by Crippen LogP contribution is 2.21. The third-order valence-electron chi connectivity index (χ3n) is 4.00. The van der Waals surface area contributed by atoms with E-state index in [-0.39, 0.29) is 12.0 Å². The maximum absolute atomic E-state index is 11.9. The van der Waals surface area contributed by atoms with E-state index in [4.69, 9.17) is 4.74 Å². The molecule has 4 nitrogen and oxygen atoms in total. The highest BCUT2D eigenvalue weighted by Gasteiger charge is 2.21. The van der Waals surface area contributed by atoms with Gasteiger partial charge in [0.05, 0.1) is 17.6 Å².